The first-order valence-corrected chi connectivity index (χ1v) is 4.50. The third-order valence-electron chi connectivity index (χ3n) is 1.26. The molecule has 0 saturated carbocycles. The van der Waals surface area contributed by atoms with Gasteiger partial charge in [-0.15, -0.1) is 0 Å². The lowest BCUT2D eigenvalue weighted by Crippen LogP contribution is -2.19. The van der Waals surface area contributed by atoms with Crippen LogP contribution in [0.1, 0.15) is 13.3 Å². The van der Waals surface area contributed by atoms with Crippen molar-refractivity contribution in [2.24, 2.45) is 15.4 Å². The highest BCUT2D eigenvalue weighted by Gasteiger charge is 2.33. The van der Waals surface area contributed by atoms with E-state index in [1.54, 1.807) is 6.92 Å². The van der Waals surface area contributed by atoms with Gasteiger partial charge in [-0.25, -0.2) is 5.14 Å². The van der Waals surface area contributed by atoms with Crippen LogP contribution in [-0.4, -0.2) is 20.7 Å². The molecule has 0 radical (unpaired) electrons. The second-order valence-electron chi connectivity index (χ2n) is 2.48. The van der Waals surface area contributed by atoms with E-state index in [-0.39, 0.29) is 6.61 Å². The van der Waals surface area contributed by atoms with E-state index in [1.807, 2.05) is 0 Å². The van der Waals surface area contributed by atoms with Crippen molar-refractivity contribution in [1.82, 2.24) is 0 Å². The Morgan fingerprint density at radius 1 is 1.55 bits per heavy atom. The maximum absolute atomic E-state index is 10.2. The van der Waals surface area contributed by atoms with Crippen LogP contribution in [0.15, 0.2) is 10.2 Å². The monoisotopic (exact) mass is 179 g/mol. The topological polar surface area (TPSA) is 94.1 Å². The van der Waals surface area contributed by atoms with Gasteiger partial charge in [0.2, 0.25) is 0 Å². The Hall–Kier alpha value is -0.530. The molecule has 0 bridgehead atoms. The molecule has 0 aromatic rings. The van der Waals surface area contributed by atoms with Crippen LogP contribution in [0.5, 0.6) is 0 Å². The van der Waals surface area contributed by atoms with Crippen molar-refractivity contribution in [3.05, 3.63) is 0 Å². The number of hydrogen-bond donors (Lipinski definition) is 1. The van der Waals surface area contributed by atoms with Crippen LogP contribution in [0.4, 0.5) is 0 Å². The summed E-state index contributed by atoms with van der Waals surface area (Å²) in [6, 6.07) is 0. The number of rotatable bonds is 4. The Labute approximate surface area is 64.7 Å². The third kappa shape index (κ3) is 3.40. The van der Waals surface area contributed by atoms with Crippen molar-refractivity contribution in [3.8, 4) is 0 Å². The Morgan fingerprint density at radius 3 is 2.45 bits per heavy atom. The highest BCUT2D eigenvalue weighted by Crippen LogP contribution is 2.30. The predicted molar refractivity (Wildman–Crippen MR) is 36.9 cm³/mol. The molecule has 64 valence electrons. The smallest absolute Gasteiger partial charge is 0.258 e. The summed E-state index contributed by atoms with van der Waals surface area (Å²) in [5, 5.41) is 11.9. The summed E-state index contributed by atoms with van der Waals surface area (Å²) in [5.74, 6) is 0. The number of hydrogen-bond acceptors (Lipinski definition) is 5. The van der Waals surface area contributed by atoms with Gasteiger partial charge in [-0.1, -0.05) is 0 Å². The van der Waals surface area contributed by atoms with Gasteiger partial charge in [0.1, 0.15) is 0 Å². The van der Waals surface area contributed by atoms with Crippen molar-refractivity contribution < 1.29 is 12.6 Å². The minimum absolute atomic E-state index is 0.0301. The van der Waals surface area contributed by atoms with Crippen LogP contribution in [0.2, 0.25) is 0 Å². The van der Waals surface area contributed by atoms with Gasteiger partial charge in [0.05, 0.1) is 6.61 Å². The molecule has 1 aliphatic heterocycles. The lowest BCUT2D eigenvalue weighted by molar-refractivity contribution is 0.295. The summed E-state index contributed by atoms with van der Waals surface area (Å²) >= 11 is 0. The molecule has 0 spiro atoms. The maximum atomic E-state index is 10.2. The Morgan fingerprint density at radius 2 is 2.09 bits per heavy atom. The summed E-state index contributed by atoms with van der Waals surface area (Å²) in [6.45, 7) is 1.81. The van der Waals surface area contributed by atoms with E-state index in [9.17, 15) is 8.42 Å². The summed E-state index contributed by atoms with van der Waals surface area (Å²) in [4.78, 5) is 0. The van der Waals surface area contributed by atoms with Crippen LogP contribution in [0.25, 0.3) is 0 Å². The quantitative estimate of drug-likeness (QED) is 0.646. The van der Waals surface area contributed by atoms with E-state index in [2.05, 4.69) is 19.6 Å². The number of nitrogens with two attached hydrogens (primary N) is 1. The fraction of sp³-hybridized carbons (Fsp3) is 1.00. The van der Waals surface area contributed by atoms with Gasteiger partial charge >= 0.3 is 10.3 Å². The zero-order valence-electron chi connectivity index (χ0n) is 6.02. The van der Waals surface area contributed by atoms with Gasteiger partial charge < -0.3 is 0 Å². The molecule has 1 heterocycles. The van der Waals surface area contributed by atoms with Crippen molar-refractivity contribution in [2.45, 2.75) is 19.0 Å². The van der Waals surface area contributed by atoms with Crippen LogP contribution in [0, 0.1) is 0 Å². The van der Waals surface area contributed by atoms with E-state index in [0.717, 1.165) is 0 Å². The zero-order valence-corrected chi connectivity index (χ0v) is 6.84. The van der Waals surface area contributed by atoms with Crippen LogP contribution >= 0.6 is 0 Å². The molecule has 0 fully saturated rings. The van der Waals surface area contributed by atoms with Gasteiger partial charge in [0.15, 0.2) is 5.66 Å². The van der Waals surface area contributed by atoms with E-state index in [0.29, 0.717) is 6.42 Å². The largest absolute Gasteiger partial charge is 0.333 e. The number of nitrogens with zero attached hydrogens (tertiary/aromatic N) is 2. The first kappa shape index (κ1) is 8.57. The van der Waals surface area contributed by atoms with Crippen molar-refractivity contribution in [3.63, 3.8) is 0 Å². The normalized spacial score (nSPS) is 20.2. The summed E-state index contributed by atoms with van der Waals surface area (Å²) < 4.78 is 24.7. The minimum Gasteiger partial charge on any atom is -0.258 e. The molecular weight excluding hydrogens is 170 g/mol. The summed E-state index contributed by atoms with van der Waals surface area (Å²) in [6.07, 6.45) is 0.448. The standard InChI is InChI=1S/C4H9N3O3S/c1-4(6-7-4)2-3-10-11(5,8)9/h2-3H2,1H3,(H2,5,8,9). The SMILES string of the molecule is CC1(CCOS(N)(=O)=O)N=N1. The summed E-state index contributed by atoms with van der Waals surface area (Å²) in [7, 11) is -3.80. The van der Waals surface area contributed by atoms with Crippen LogP contribution in [0.3, 0.4) is 0 Å². The van der Waals surface area contributed by atoms with Gasteiger partial charge in [0, 0.05) is 6.42 Å². The lowest BCUT2D eigenvalue weighted by Gasteiger charge is -2.01. The molecule has 0 aliphatic carbocycles. The Bertz CT molecular complexity index is 264. The third-order valence-corrected chi connectivity index (χ3v) is 1.76. The van der Waals surface area contributed by atoms with Crippen molar-refractivity contribution in [1.29, 1.82) is 0 Å². The zero-order chi connectivity index (χ0) is 8.54. The molecule has 7 heteroatoms. The fourth-order valence-electron chi connectivity index (χ4n) is 0.537. The first-order chi connectivity index (χ1) is 4.91. The van der Waals surface area contributed by atoms with E-state index >= 15 is 0 Å². The highest BCUT2D eigenvalue weighted by molar-refractivity contribution is 7.84. The van der Waals surface area contributed by atoms with Gasteiger partial charge in [0.25, 0.3) is 0 Å². The van der Waals surface area contributed by atoms with E-state index in [1.165, 1.54) is 0 Å². The lowest BCUT2D eigenvalue weighted by atomic mass is 10.2. The molecule has 0 saturated heterocycles. The van der Waals surface area contributed by atoms with Crippen LogP contribution < -0.4 is 5.14 Å². The Kier molecular flexibility index (Phi) is 1.95. The van der Waals surface area contributed by atoms with Gasteiger partial charge in [-0.3, -0.25) is 4.18 Å². The van der Waals surface area contributed by atoms with Crippen LogP contribution in [-0.2, 0) is 14.5 Å². The molecule has 6 nitrogen and oxygen atoms in total. The molecule has 0 atom stereocenters. The van der Waals surface area contributed by atoms with Gasteiger partial charge in [-0.2, -0.15) is 18.6 Å². The Balaban J connectivity index is 2.15. The molecule has 11 heavy (non-hydrogen) atoms. The molecular formula is C4H9N3O3S. The van der Waals surface area contributed by atoms with E-state index in [4.69, 9.17) is 0 Å². The van der Waals surface area contributed by atoms with E-state index < -0.39 is 16.0 Å². The first-order valence-electron chi connectivity index (χ1n) is 3.03. The predicted octanol–water partition coefficient (Wildman–Crippen LogP) is -0.221. The van der Waals surface area contributed by atoms with Gasteiger partial charge in [-0.05, 0) is 6.92 Å². The fourth-order valence-corrected chi connectivity index (χ4v) is 0.852. The second kappa shape index (κ2) is 2.50. The molecule has 2 N–H and O–H groups in total. The molecule has 1 aliphatic rings. The second-order valence-corrected chi connectivity index (χ2v) is 3.70. The average Bonchev–Trinajstić information content (AvgIpc) is 2.44. The molecule has 1 rings (SSSR count). The van der Waals surface area contributed by atoms with Crippen molar-refractivity contribution >= 4 is 10.3 Å². The average molecular weight is 179 g/mol. The molecule has 0 unspecified atom stereocenters. The van der Waals surface area contributed by atoms with Crippen molar-refractivity contribution in [2.75, 3.05) is 6.61 Å². The maximum Gasteiger partial charge on any atom is 0.333 e. The summed E-state index contributed by atoms with van der Waals surface area (Å²) in [5.41, 5.74) is -0.426. The highest BCUT2D eigenvalue weighted by atomic mass is 32.2. The molecule has 0 aromatic carbocycles. The minimum atomic E-state index is -3.80. The molecule has 0 amide bonds. The molecule has 0 aromatic heterocycles.